The number of aliphatic carboxylic acids is 1. The number of phenols is 2. The van der Waals surface area contributed by atoms with Gasteiger partial charge in [0.1, 0.15) is 46.5 Å². The number of carboxylic acid groups (broad SMARTS) is 1. The fourth-order valence-corrected chi connectivity index (χ4v) is 3.82. The number of aromatic hydroxyl groups is 2. The van der Waals surface area contributed by atoms with Crippen LogP contribution in [0.3, 0.4) is 0 Å². The summed E-state index contributed by atoms with van der Waals surface area (Å²) < 4.78 is 26.5. The first-order valence-corrected chi connectivity index (χ1v) is 10.4. The van der Waals surface area contributed by atoms with E-state index in [9.17, 15) is 40.2 Å². The van der Waals surface area contributed by atoms with Gasteiger partial charge in [-0.15, -0.1) is 0 Å². The Hall–Kier alpha value is -4.04. The summed E-state index contributed by atoms with van der Waals surface area (Å²) in [6, 6.07) is 5.99. The third-order valence-corrected chi connectivity index (χ3v) is 5.59. The second-order valence-electron chi connectivity index (χ2n) is 7.87. The van der Waals surface area contributed by atoms with Crippen molar-refractivity contribution in [1.82, 2.24) is 0 Å². The number of hydrogen-bond donors (Lipinski definition) is 6. The Morgan fingerprint density at radius 1 is 0.917 bits per heavy atom. The van der Waals surface area contributed by atoms with Crippen LogP contribution in [0.15, 0.2) is 39.5 Å². The van der Waals surface area contributed by atoms with Gasteiger partial charge in [-0.3, -0.25) is 4.79 Å². The van der Waals surface area contributed by atoms with Crippen LogP contribution in [0.1, 0.15) is 0 Å². The minimum absolute atomic E-state index is 0.0151. The van der Waals surface area contributed by atoms with E-state index in [0.717, 1.165) is 12.1 Å². The van der Waals surface area contributed by atoms with E-state index in [2.05, 4.69) is 0 Å². The summed E-state index contributed by atoms with van der Waals surface area (Å²) in [5.74, 6) is -2.45. The van der Waals surface area contributed by atoms with Crippen molar-refractivity contribution in [1.29, 1.82) is 0 Å². The lowest BCUT2D eigenvalue weighted by atomic mass is 9.99. The second-order valence-corrected chi connectivity index (χ2v) is 7.87. The number of aliphatic hydroxyl groups excluding tert-OH is 3. The predicted molar refractivity (Wildman–Crippen MR) is 119 cm³/mol. The summed E-state index contributed by atoms with van der Waals surface area (Å²) >= 11 is 0. The van der Waals surface area contributed by atoms with E-state index in [1.54, 1.807) is 0 Å². The van der Waals surface area contributed by atoms with Gasteiger partial charge in [-0.05, 0) is 12.1 Å². The minimum Gasteiger partial charge on any atom is -0.507 e. The lowest BCUT2D eigenvalue weighted by Crippen LogP contribution is -2.61. The number of benzene rings is 2. The topological polar surface area (TPSA) is 206 Å². The lowest BCUT2D eigenvalue weighted by molar-refractivity contribution is -0.271. The van der Waals surface area contributed by atoms with Crippen molar-refractivity contribution in [3.05, 3.63) is 40.6 Å². The zero-order valence-electron chi connectivity index (χ0n) is 18.8. The quantitative estimate of drug-likeness (QED) is 0.264. The molecule has 0 saturated carbocycles. The Balaban J connectivity index is 1.75. The van der Waals surface area contributed by atoms with Crippen molar-refractivity contribution in [2.75, 3.05) is 14.2 Å². The SMILES string of the molecule is COc1cc(-c2cc(=O)c3c(O)cc(OC4OC(C(=O)O)C(O)C(O)C4O)cc3o2)cc(O)c1OC. The molecule has 192 valence electrons. The maximum absolute atomic E-state index is 12.7. The molecule has 2 heterocycles. The molecule has 0 bridgehead atoms. The Bertz CT molecular complexity index is 1360. The maximum Gasteiger partial charge on any atom is 0.335 e. The van der Waals surface area contributed by atoms with Gasteiger partial charge in [-0.2, -0.15) is 0 Å². The highest BCUT2D eigenvalue weighted by atomic mass is 16.7. The van der Waals surface area contributed by atoms with Crippen LogP contribution in [0.4, 0.5) is 0 Å². The standard InChI is InChI=1S/C23H22O13/c1-32-15-4-8(3-12(26)20(15)33-2)13-7-11(25)16-10(24)5-9(6-14(16)35-13)34-23-19(29)17(27)18(28)21(36-23)22(30)31/h3-7,17-19,21,23-24,26-29H,1-2H3,(H,30,31). The Labute approximate surface area is 201 Å². The smallest absolute Gasteiger partial charge is 0.335 e. The molecular formula is C23H22O13. The molecule has 1 aliphatic heterocycles. The fraction of sp³-hybridized carbons (Fsp3) is 0.304. The first-order valence-electron chi connectivity index (χ1n) is 10.4. The number of rotatable bonds is 6. The van der Waals surface area contributed by atoms with Gasteiger partial charge in [-0.1, -0.05) is 0 Å². The maximum atomic E-state index is 12.7. The highest BCUT2D eigenvalue weighted by Crippen LogP contribution is 2.41. The molecule has 36 heavy (non-hydrogen) atoms. The molecule has 1 aliphatic rings. The Morgan fingerprint density at radius 3 is 2.28 bits per heavy atom. The van der Waals surface area contributed by atoms with E-state index in [1.807, 2.05) is 0 Å². The number of carbonyl (C=O) groups is 1. The van der Waals surface area contributed by atoms with Crippen molar-refractivity contribution in [2.24, 2.45) is 0 Å². The van der Waals surface area contributed by atoms with Gasteiger partial charge in [0, 0.05) is 23.8 Å². The van der Waals surface area contributed by atoms with Crippen LogP contribution in [-0.4, -0.2) is 81.5 Å². The normalized spacial score (nSPS) is 23.9. The Morgan fingerprint density at radius 2 is 1.64 bits per heavy atom. The van der Waals surface area contributed by atoms with E-state index in [-0.39, 0.29) is 45.3 Å². The highest BCUT2D eigenvalue weighted by molar-refractivity contribution is 5.86. The predicted octanol–water partition coefficient (Wildman–Crippen LogP) is 0.159. The molecule has 4 rings (SSSR count). The van der Waals surface area contributed by atoms with E-state index < -0.39 is 47.9 Å². The molecule has 2 aromatic carbocycles. The van der Waals surface area contributed by atoms with Crippen LogP contribution in [0, 0.1) is 0 Å². The highest BCUT2D eigenvalue weighted by Gasteiger charge is 2.48. The fourth-order valence-electron chi connectivity index (χ4n) is 3.82. The summed E-state index contributed by atoms with van der Waals surface area (Å²) in [5, 5.41) is 59.6. The molecule has 0 radical (unpaired) electrons. The number of ether oxygens (including phenoxy) is 4. The molecule has 13 nitrogen and oxygen atoms in total. The van der Waals surface area contributed by atoms with Crippen LogP contribution < -0.4 is 19.6 Å². The van der Waals surface area contributed by atoms with Crippen molar-refractivity contribution < 1.29 is 58.8 Å². The summed E-state index contributed by atoms with van der Waals surface area (Å²) in [6.07, 6.45) is -9.31. The van der Waals surface area contributed by atoms with Gasteiger partial charge >= 0.3 is 5.97 Å². The molecule has 13 heteroatoms. The molecule has 5 atom stereocenters. The number of aliphatic hydroxyl groups is 3. The molecule has 0 amide bonds. The van der Waals surface area contributed by atoms with E-state index in [4.69, 9.17) is 23.4 Å². The third kappa shape index (κ3) is 4.35. The minimum atomic E-state index is -1.92. The molecular weight excluding hydrogens is 484 g/mol. The molecule has 6 N–H and O–H groups in total. The van der Waals surface area contributed by atoms with Gasteiger partial charge in [0.2, 0.25) is 12.0 Å². The number of carboxylic acids is 1. The molecule has 0 spiro atoms. The molecule has 1 fully saturated rings. The van der Waals surface area contributed by atoms with Crippen LogP contribution in [0.5, 0.6) is 28.7 Å². The zero-order chi connectivity index (χ0) is 26.3. The summed E-state index contributed by atoms with van der Waals surface area (Å²) in [4.78, 5) is 24.0. The monoisotopic (exact) mass is 506 g/mol. The van der Waals surface area contributed by atoms with Crippen LogP contribution in [0.2, 0.25) is 0 Å². The molecule has 0 aliphatic carbocycles. The van der Waals surface area contributed by atoms with Crippen LogP contribution in [0.25, 0.3) is 22.3 Å². The number of hydrogen-bond acceptors (Lipinski definition) is 12. The van der Waals surface area contributed by atoms with E-state index >= 15 is 0 Å². The number of phenolic OH excluding ortho intramolecular Hbond substituents is 2. The molecule has 5 unspecified atom stereocenters. The van der Waals surface area contributed by atoms with Gasteiger partial charge < -0.3 is 54.0 Å². The second kappa shape index (κ2) is 9.54. The van der Waals surface area contributed by atoms with Crippen LogP contribution >= 0.6 is 0 Å². The van der Waals surface area contributed by atoms with E-state index in [1.165, 1.54) is 32.4 Å². The first kappa shape index (κ1) is 25.1. The van der Waals surface area contributed by atoms with Gasteiger partial charge in [0.05, 0.1) is 14.2 Å². The Kier molecular flexibility index (Phi) is 6.65. The summed E-state index contributed by atoms with van der Waals surface area (Å²) in [7, 11) is 2.69. The molecule has 1 saturated heterocycles. The third-order valence-electron chi connectivity index (χ3n) is 5.59. The number of methoxy groups -OCH3 is 2. The lowest BCUT2D eigenvalue weighted by Gasteiger charge is -2.38. The van der Waals surface area contributed by atoms with Crippen LogP contribution in [-0.2, 0) is 9.53 Å². The zero-order valence-corrected chi connectivity index (χ0v) is 18.8. The van der Waals surface area contributed by atoms with Gasteiger partial charge in [0.25, 0.3) is 0 Å². The van der Waals surface area contributed by atoms with Gasteiger partial charge in [0.15, 0.2) is 23.0 Å². The molecule has 3 aromatic rings. The van der Waals surface area contributed by atoms with Crippen molar-refractivity contribution in [2.45, 2.75) is 30.7 Å². The largest absolute Gasteiger partial charge is 0.507 e. The van der Waals surface area contributed by atoms with Crippen molar-refractivity contribution in [3.8, 4) is 40.1 Å². The summed E-state index contributed by atoms with van der Waals surface area (Å²) in [6.45, 7) is 0. The number of fused-ring (bicyclic) bond motifs is 1. The van der Waals surface area contributed by atoms with Crippen molar-refractivity contribution >= 4 is 16.9 Å². The first-order chi connectivity index (χ1) is 17.0. The van der Waals surface area contributed by atoms with Gasteiger partial charge in [-0.25, -0.2) is 4.79 Å². The molecule has 1 aromatic heterocycles. The van der Waals surface area contributed by atoms with E-state index in [0.29, 0.717) is 0 Å². The summed E-state index contributed by atoms with van der Waals surface area (Å²) in [5.41, 5.74) is -0.562. The van der Waals surface area contributed by atoms with Crippen molar-refractivity contribution in [3.63, 3.8) is 0 Å². The average Bonchev–Trinajstić information content (AvgIpc) is 2.83. The average molecular weight is 506 g/mol.